The Hall–Kier alpha value is -3.12. The zero-order chi connectivity index (χ0) is 19.2. The van der Waals surface area contributed by atoms with Gasteiger partial charge < -0.3 is 19.3 Å². The maximum atomic E-state index is 12.5. The highest BCUT2D eigenvalue weighted by molar-refractivity contribution is 5.78. The van der Waals surface area contributed by atoms with Crippen molar-refractivity contribution >= 4 is 5.91 Å². The molecule has 0 saturated heterocycles. The van der Waals surface area contributed by atoms with Crippen LogP contribution in [-0.2, 0) is 11.2 Å². The van der Waals surface area contributed by atoms with Crippen molar-refractivity contribution in [3.05, 3.63) is 71.9 Å². The third kappa shape index (κ3) is 4.74. The van der Waals surface area contributed by atoms with Crippen LogP contribution in [0, 0.1) is 0 Å². The summed E-state index contributed by atoms with van der Waals surface area (Å²) in [6, 6.07) is 18.5. The summed E-state index contributed by atoms with van der Waals surface area (Å²) < 4.78 is 10.5. The van der Waals surface area contributed by atoms with Crippen molar-refractivity contribution in [3.8, 4) is 17.1 Å². The van der Waals surface area contributed by atoms with E-state index >= 15 is 0 Å². The second-order valence-electron chi connectivity index (χ2n) is 6.29. The molecular formula is C21H22N2O4. The van der Waals surface area contributed by atoms with E-state index in [0.717, 1.165) is 5.56 Å². The van der Waals surface area contributed by atoms with Crippen molar-refractivity contribution in [2.24, 2.45) is 0 Å². The lowest BCUT2D eigenvalue weighted by atomic mass is 10.1. The summed E-state index contributed by atoms with van der Waals surface area (Å²) in [5.41, 5.74) is 2.16. The average molecular weight is 366 g/mol. The van der Waals surface area contributed by atoms with E-state index in [0.29, 0.717) is 22.8 Å². The number of aliphatic hydroxyl groups excluding tert-OH is 1. The Bertz CT molecular complexity index is 892. The summed E-state index contributed by atoms with van der Waals surface area (Å²) in [6.45, 7) is 0.176. The van der Waals surface area contributed by atoms with Crippen LogP contribution >= 0.6 is 0 Å². The second-order valence-corrected chi connectivity index (χ2v) is 6.29. The maximum Gasteiger partial charge on any atom is 0.228 e. The molecule has 0 radical (unpaired) electrons. The molecule has 1 amide bonds. The fourth-order valence-corrected chi connectivity index (χ4v) is 2.74. The first-order valence-electron chi connectivity index (χ1n) is 8.64. The molecule has 1 unspecified atom stereocenters. The zero-order valence-electron chi connectivity index (χ0n) is 15.3. The molecule has 27 heavy (non-hydrogen) atoms. The van der Waals surface area contributed by atoms with Crippen molar-refractivity contribution < 1.29 is 19.2 Å². The molecule has 0 aliphatic heterocycles. The van der Waals surface area contributed by atoms with Gasteiger partial charge in [0.2, 0.25) is 5.91 Å². The molecule has 1 N–H and O–H groups in total. The van der Waals surface area contributed by atoms with Crippen LogP contribution in [0.1, 0.15) is 17.4 Å². The minimum Gasteiger partial charge on any atom is -0.497 e. The Labute approximate surface area is 158 Å². The molecule has 0 spiro atoms. The highest BCUT2D eigenvalue weighted by Gasteiger charge is 2.18. The highest BCUT2D eigenvalue weighted by Crippen LogP contribution is 2.21. The van der Waals surface area contributed by atoms with Crippen LogP contribution in [0.15, 0.2) is 65.2 Å². The molecule has 1 aromatic heterocycles. The molecule has 1 atom stereocenters. The molecule has 3 aromatic rings. The number of nitrogens with zero attached hydrogens (tertiary/aromatic N) is 2. The molecule has 0 saturated carbocycles. The predicted molar refractivity (Wildman–Crippen MR) is 101 cm³/mol. The molecule has 0 aliphatic carbocycles. The number of likely N-dealkylation sites (N-methyl/N-ethyl adjacent to an activating group) is 1. The maximum absolute atomic E-state index is 12.5. The predicted octanol–water partition coefficient (Wildman–Crippen LogP) is 3.08. The van der Waals surface area contributed by atoms with Crippen molar-refractivity contribution in [1.82, 2.24) is 10.1 Å². The molecule has 6 heteroatoms. The molecule has 0 aliphatic rings. The number of aliphatic hydroxyl groups is 1. The first kappa shape index (κ1) is 18.7. The van der Waals surface area contributed by atoms with Gasteiger partial charge in [0, 0.05) is 18.7 Å². The fourth-order valence-electron chi connectivity index (χ4n) is 2.74. The van der Waals surface area contributed by atoms with Crippen LogP contribution in [0.5, 0.6) is 5.75 Å². The Morgan fingerprint density at radius 3 is 2.70 bits per heavy atom. The highest BCUT2D eigenvalue weighted by atomic mass is 16.5. The third-order valence-electron chi connectivity index (χ3n) is 4.30. The molecule has 1 heterocycles. The Morgan fingerprint density at radius 1 is 1.19 bits per heavy atom. The van der Waals surface area contributed by atoms with Gasteiger partial charge in [-0.3, -0.25) is 4.79 Å². The van der Waals surface area contributed by atoms with E-state index in [1.165, 1.54) is 4.90 Å². The zero-order valence-corrected chi connectivity index (χ0v) is 15.3. The van der Waals surface area contributed by atoms with Crippen LogP contribution in [0.25, 0.3) is 11.3 Å². The molecule has 6 nitrogen and oxygen atoms in total. The summed E-state index contributed by atoms with van der Waals surface area (Å²) in [5, 5.41) is 14.4. The van der Waals surface area contributed by atoms with Gasteiger partial charge in [-0.25, -0.2) is 0 Å². The smallest absolute Gasteiger partial charge is 0.228 e. The van der Waals surface area contributed by atoms with Crippen molar-refractivity contribution in [2.75, 3.05) is 20.7 Å². The van der Waals surface area contributed by atoms with E-state index in [4.69, 9.17) is 9.26 Å². The number of methoxy groups -OCH3 is 1. The van der Waals surface area contributed by atoms with Gasteiger partial charge >= 0.3 is 0 Å². The molecule has 3 rings (SSSR count). The van der Waals surface area contributed by atoms with Crippen LogP contribution in [0.3, 0.4) is 0 Å². The van der Waals surface area contributed by atoms with E-state index in [9.17, 15) is 9.90 Å². The van der Waals surface area contributed by atoms with Gasteiger partial charge in [0.15, 0.2) is 5.76 Å². The number of carbonyl (C=O) groups is 1. The number of amides is 1. The Kier molecular flexibility index (Phi) is 5.88. The third-order valence-corrected chi connectivity index (χ3v) is 4.30. The van der Waals surface area contributed by atoms with Crippen molar-refractivity contribution in [1.29, 1.82) is 0 Å². The summed E-state index contributed by atoms with van der Waals surface area (Å²) in [6.07, 6.45) is -0.691. The van der Waals surface area contributed by atoms with Gasteiger partial charge in [0.1, 0.15) is 5.75 Å². The average Bonchev–Trinajstić information content (AvgIpc) is 3.17. The van der Waals surface area contributed by atoms with Crippen molar-refractivity contribution in [2.45, 2.75) is 12.5 Å². The number of benzene rings is 2. The van der Waals surface area contributed by atoms with Crippen LogP contribution in [-0.4, -0.2) is 41.8 Å². The molecule has 140 valence electrons. The second kappa shape index (κ2) is 8.51. The standard InChI is InChI=1S/C21H22N2O4/c1-23(14-19(24)16-9-6-10-18(11-16)26-2)21(25)13-17-12-20(27-22-17)15-7-4-3-5-8-15/h3-12,19,24H,13-14H2,1-2H3. The Balaban J connectivity index is 1.60. The molecule has 2 aromatic carbocycles. The molecule has 0 fully saturated rings. The van der Waals surface area contributed by atoms with Gasteiger partial charge in [-0.15, -0.1) is 0 Å². The monoisotopic (exact) mass is 366 g/mol. The van der Waals surface area contributed by atoms with Gasteiger partial charge in [0.25, 0.3) is 0 Å². The van der Waals surface area contributed by atoms with E-state index in [1.54, 1.807) is 44.5 Å². The summed E-state index contributed by atoms with van der Waals surface area (Å²) in [4.78, 5) is 13.9. The lowest BCUT2D eigenvalue weighted by Gasteiger charge is -2.21. The minimum absolute atomic E-state index is 0.109. The number of rotatable bonds is 7. The van der Waals surface area contributed by atoms with Crippen molar-refractivity contribution in [3.63, 3.8) is 0 Å². The molecule has 0 bridgehead atoms. The summed E-state index contributed by atoms with van der Waals surface area (Å²) in [5.74, 6) is 1.14. The summed E-state index contributed by atoms with van der Waals surface area (Å²) in [7, 11) is 3.23. The van der Waals surface area contributed by atoms with Gasteiger partial charge in [-0.1, -0.05) is 47.6 Å². The first-order valence-corrected chi connectivity index (χ1v) is 8.64. The van der Waals surface area contributed by atoms with E-state index < -0.39 is 6.10 Å². The van der Waals surface area contributed by atoms with Gasteiger partial charge in [-0.05, 0) is 17.7 Å². The van der Waals surface area contributed by atoms with Gasteiger partial charge in [0.05, 0.1) is 31.9 Å². The lowest BCUT2D eigenvalue weighted by molar-refractivity contribution is -0.130. The van der Waals surface area contributed by atoms with Crippen LogP contribution in [0.4, 0.5) is 0 Å². The summed E-state index contributed by atoms with van der Waals surface area (Å²) >= 11 is 0. The van der Waals surface area contributed by atoms with E-state index in [1.807, 2.05) is 30.3 Å². The quantitative estimate of drug-likeness (QED) is 0.695. The van der Waals surface area contributed by atoms with Gasteiger partial charge in [-0.2, -0.15) is 0 Å². The molecular weight excluding hydrogens is 344 g/mol. The van der Waals surface area contributed by atoms with Crippen LogP contribution in [0.2, 0.25) is 0 Å². The largest absolute Gasteiger partial charge is 0.497 e. The fraction of sp³-hybridized carbons (Fsp3) is 0.238. The number of hydrogen-bond donors (Lipinski definition) is 1. The SMILES string of the molecule is COc1cccc(C(O)CN(C)C(=O)Cc2cc(-c3ccccc3)on2)c1. The number of carbonyl (C=O) groups excluding carboxylic acids is 1. The number of hydrogen-bond acceptors (Lipinski definition) is 5. The Morgan fingerprint density at radius 2 is 1.96 bits per heavy atom. The van der Waals surface area contributed by atoms with E-state index in [2.05, 4.69) is 5.16 Å². The topological polar surface area (TPSA) is 75.8 Å². The number of ether oxygens (including phenoxy) is 1. The normalized spacial score (nSPS) is 11.8. The van der Waals surface area contributed by atoms with E-state index in [-0.39, 0.29) is 18.9 Å². The minimum atomic E-state index is -0.800. The van der Waals surface area contributed by atoms with Crippen LogP contribution < -0.4 is 4.74 Å². The number of aromatic nitrogens is 1. The first-order chi connectivity index (χ1) is 13.1. The lowest BCUT2D eigenvalue weighted by Crippen LogP contribution is -2.32.